The van der Waals surface area contributed by atoms with E-state index in [1.165, 1.54) is 18.6 Å². The molecule has 0 aromatic heterocycles. The first-order chi connectivity index (χ1) is 13.2. The molecular formula is C23H29NO4. The van der Waals surface area contributed by atoms with Crippen molar-refractivity contribution in [3.05, 3.63) is 53.6 Å². The van der Waals surface area contributed by atoms with Crippen molar-refractivity contribution in [1.29, 1.82) is 0 Å². The molecule has 150 valence electrons. The molecule has 5 nitrogen and oxygen atoms in total. The third-order valence-electron chi connectivity index (χ3n) is 4.90. The van der Waals surface area contributed by atoms with Crippen molar-refractivity contribution in [3.63, 3.8) is 0 Å². The standard InChI is InChI=1S/C23H29NO4/c1-6-19(15(2)14-24(4)5)17-9-7-10-18(13-17)20-11-8-12-21(23(26)27)22(20)28-16(3)25/h7-13,15,19H,6,14H2,1-5H3,(H,26,27). The van der Waals surface area contributed by atoms with Gasteiger partial charge < -0.3 is 14.7 Å². The number of carbonyl (C=O) groups excluding carboxylic acids is 1. The zero-order valence-electron chi connectivity index (χ0n) is 17.2. The highest BCUT2D eigenvalue weighted by Gasteiger charge is 2.21. The number of esters is 1. The van der Waals surface area contributed by atoms with Gasteiger partial charge in [-0.2, -0.15) is 0 Å². The van der Waals surface area contributed by atoms with Crippen LogP contribution in [0, 0.1) is 5.92 Å². The van der Waals surface area contributed by atoms with Gasteiger partial charge in [-0.3, -0.25) is 4.79 Å². The van der Waals surface area contributed by atoms with Gasteiger partial charge in [0.05, 0.1) is 0 Å². The van der Waals surface area contributed by atoms with Crippen LogP contribution in [0.5, 0.6) is 5.75 Å². The summed E-state index contributed by atoms with van der Waals surface area (Å²) in [6.07, 6.45) is 1.00. The largest absolute Gasteiger partial charge is 0.478 e. The Morgan fingerprint density at radius 3 is 2.39 bits per heavy atom. The molecule has 28 heavy (non-hydrogen) atoms. The van der Waals surface area contributed by atoms with Gasteiger partial charge in [-0.05, 0) is 49.5 Å². The van der Waals surface area contributed by atoms with E-state index in [0.717, 1.165) is 18.5 Å². The van der Waals surface area contributed by atoms with Crippen LogP contribution in [0.4, 0.5) is 0 Å². The molecule has 0 bridgehead atoms. The molecule has 1 N–H and O–H groups in total. The Balaban J connectivity index is 2.52. The lowest BCUT2D eigenvalue weighted by Gasteiger charge is -2.26. The van der Waals surface area contributed by atoms with Crippen molar-refractivity contribution in [2.45, 2.75) is 33.1 Å². The van der Waals surface area contributed by atoms with Gasteiger partial charge in [-0.15, -0.1) is 0 Å². The first kappa shape index (κ1) is 21.6. The van der Waals surface area contributed by atoms with Gasteiger partial charge in [0.15, 0.2) is 5.75 Å². The van der Waals surface area contributed by atoms with Crippen molar-refractivity contribution < 1.29 is 19.4 Å². The summed E-state index contributed by atoms with van der Waals surface area (Å²) in [6, 6.07) is 13.0. The molecule has 2 aromatic carbocycles. The van der Waals surface area contributed by atoms with E-state index in [4.69, 9.17) is 4.74 Å². The Morgan fingerprint density at radius 2 is 1.82 bits per heavy atom. The van der Waals surface area contributed by atoms with E-state index < -0.39 is 11.9 Å². The molecule has 0 amide bonds. The van der Waals surface area contributed by atoms with Gasteiger partial charge in [0, 0.05) is 19.0 Å². The minimum atomic E-state index is -1.12. The third-order valence-corrected chi connectivity index (χ3v) is 4.90. The fourth-order valence-corrected chi connectivity index (χ4v) is 3.79. The van der Waals surface area contributed by atoms with E-state index in [2.05, 4.69) is 45.0 Å². The quantitative estimate of drug-likeness (QED) is 0.530. The molecule has 0 fully saturated rings. The summed E-state index contributed by atoms with van der Waals surface area (Å²) >= 11 is 0. The topological polar surface area (TPSA) is 66.8 Å². The van der Waals surface area contributed by atoms with Gasteiger partial charge in [-0.1, -0.05) is 50.2 Å². The summed E-state index contributed by atoms with van der Waals surface area (Å²) in [5, 5.41) is 9.49. The van der Waals surface area contributed by atoms with Crippen LogP contribution in [0.2, 0.25) is 0 Å². The maximum Gasteiger partial charge on any atom is 0.339 e. The van der Waals surface area contributed by atoms with E-state index >= 15 is 0 Å². The number of benzene rings is 2. The molecule has 0 aliphatic heterocycles. The highest BCUT2D eigenvalue weighted by atomic mass is 16.5. The van der Waals surface area contributed by atoms with Crippen LogP contribution in [0.25, 0.3) is 11.1 Å². The predicted molar refractivity (Wildman–Crippen MR) is 111 cm³/mol. The van der Waals surface area contributed by atoms with Crippen molar-refractivity contribution >= 4 is 11.9 Å². The SMILES string of the molecule is CCC(c1cccc(-c2cccc(C(=O)O)c2OC(C)=O)c1)C(C)CN(C)C. The molecular weight excluding hydrogens is 354 g/mol. The van der Waals surface area contributed by atoms with E-state index in [-0.39, 0.29) is 11.3 Å². The Labute approximate surface area is 166 Å². The second-order valence-electron chi connectivity index (χ2n) is 7.46. The van der Waals surface area contributed by atoms with Crippen LogP contribution in [0.3, 0.4) is 0 Å². The molecule has 2 aromatic rings. The van der Waals surface area contributed by atoms with Gasteiger partial charge in [-0.25, -0.2) is 4.79 Å². The Kier molecular flexibility index (Phi) is 7.35. The van der Waals surface area contributed by atoms with Crippen LogP contribution in [-0.2, 0) is 4.79 Å². The first-order valence-electron chi connectivity index (χ1n) is 9.54. The zero-order chi connectivity index (χ0) is 20.8. The molecule has 0 saturated carbocycles. The van der Waals surface area contributed by atoms with Crippen molar-refractivity contribution in [2.75, 3.05) is 20.6 Å². The van der Waals surface area contributed by atoms with Gasteiger partial charge in [0.25, 0.3) is 0 Å². The van der Waals surface area contributed by atoms with Crippen LogP contribution < -0.4 is 4.74 Å². The van der Waals surface area contributed by atoms with Crippen molar-refractivity contribution in [1.82, 2.24) is 4.90 Å². The number of rotatable bonds is 8. The molecule has 0 radical (unpaired) electrons. The molecule has 2 atom stereocenters. The number of carboxylic acid groups (broad SMARTS) is 1. The highest BCUT2D eigenvalue weighted by molar-refractivity contribution is 5.95. The van der Waals surface area contributed by atoms with Gasteiger partial charge in [0.2, 0.25) is 0 Å². The first-order valence-corrected chi connectivity index (χ1v) is 9.54. The van der Waals surface area contributed by atoms with Gasteiger partial charge >= 0.3 is 11.9 Å². The summed E-state index contributed by atoms with van der Waals surface area (Å²) in [5.74, 6) is -0.734. The molecule has 2 rings (SSSR count). The van der Waals surface area contributed by atoms with Crippen molar-refractivity contribution in [3.8, 4) is 16.9 Å². The Bertz CT molecular complexity index is 844. The minimum Gasteiger partial charge on any atom is -0.478 e. The summed E-state index contributed by atoms with van der Waals surface area (Å²) in [6.45, 7) is 6.68. The smallest absolute Gasteiger partial charge is 0.339 e. The van der Waals surface area contributed by atoms with Crippen LogP contribution in [0.1, 0.15) is 49.0 Å². The molecule has 2 unspecified atom stereocenters. The second kappa shape index (κ2) is 9.51. The monoisotopic (exact) mass is 383 g/mol. The average Bonchev–Trinajstić information content (AvgIpc) is 2.61. The van der Waals surface area contributed by atoms with Crippen LogP contribution >= 0.6 is 0 Å². The highest BCUT2D eigenvalue weighted by Crippen LogP contribution is 2.36. The molecule has 0 aliphatic rings. The van der Waals surface area contributed by atoms with Crippen molar-refractivity contribution in [2.24, 2.45) is 5.92 Å². The maximum atomic E-state index is 11.6. The van der Waals surface area contributed by atoms with E-state index in [1.54, 1.807) is 12.1 Å². The Hall–Kier alpha value is -2.66. The second-order valence-corrected chi connectivity index (χ2v) is 7.46. The van der Waals surface area contributed by atoms with E-state index in [1.807, 2.05) is 12.1 Å². The predicted octanol–water partition coefficient (Wildman–Crippen LogP) is 4.67. The lowest BCUT2D eigenvalue weighted by atomic mass is 9.83. The summed E-state index contributed by atoms with van der Waals surface area (Å²) < 4.78 is 5.29. The zero-order valence-corrected chi connectivity index (χ0v) is 17.2. The molecule has 0 saturated heterocycles. The molecule has 5 heteroatoms. The van der Waals surface area contributed by atoms with E-state index in [0.29, 0.717) is 17.4 Å². The number of carboxylic acids is 1. The summed E-state index contributed by atoms with van der Waals surface area (Å²) in [4.78, 5) is 25.4. The Morgan fingerprint density at radius 1 is 1.14 bits per heavy atom. The number of para-hydroxylation sites is 1. The fourth-order valence-electron chi connectivity index (χ4n) is 3.79. The van der Waals surface area contributed by atoms with E-state index in [9.17, 15) is 14.7 Å². The normalized spacial score (nSPS) is 13.2. The van der Waals surface area contributed by atoms with Crippen LogP contribution in [0.15, 0.2) is 42.5 Å². The summed E-state index contributed by atoms with van der Waals surface area (Å²) in [7, 11) is 4.14. The third kappa shape index (κ3) is 5.20. The number of ether oxygens (including phenoxy) is 1. The molecule has 0 aliphatic carbocycles. The molecule has 0 spiro atoms. The minimum absolute atomic E-state index is 0.0221. The van der Waals surface area contributed by atoms with Crippen LogP contribution in [-0.4, -0.2) is 42.6 Å². The number of aromatic carboxylic acids is 1. The number of nitrogens with zero attached hydrogens (tertiary/aromatic N) is 1. The van der Waals surface area contributed by atoms with Gasteiger partial charge in [0.1, 0.15) is 5.56 Å². The lowest BCUT2D eigenvalue weighted by molar-refractivity contribution is -0.131. The number of carbonyl (C=O) groups is 2. The molecule has 0 heterocycles. The average molecular weight is 383 g/mol. The lowest BCUT2D eigenvalue weighted by Crippen LogP contribution is -2.24. The maximum absolute atomic E-state index is 11.6. The number of hydrogen-bond donors (Lipinski definition) is 1. The summed E-state index contributed by atoms with van der Waals surface area (Å²) in [5.41, 5.74) is 2.62. The number of hydrogen-bond acceptors (Lipinski definition) is 4. The fraction of sp³-hybridized carbons (Fsp3) is 0.391.